The highest BCUT2D eigenvalue weighted by atomic mass is 16.1. The number of hydrogen-bond acceptors (Lipinski definition) is 4. The van der Waals surface area contributed by atoms with Gasteiger partial charge in [-0.1, -0.05) is 24.3 Å². The largest absolute Gasteiger partial charge is 0.368 e. The van der Waals surface area contributed by atoms with Gasteiger partial charge in [0.1, 0.15) is 0 Å². The van der Waals surface area contributed by atoms with Crippen LogP contribution in [0, 0.1) is 5.92 Å². The van der Waals surface area contributed by atoms with E-state index in [0.717, 1.165) is 42.4 Å². The van der Waals surface area contributed by atoms with E-state index in [4.69, 9.17) is 0 Å². The third kappa shape index (κ3) is 2.29. The van der Waals surface area contributed by atoms with Gasteiger partial charge in [0.2, 0.25) is 0 Å². The summed E-state index contributed by atoms with van der Waals surface area (Å²) in [6.07, 6.45) is 1.96. The lowest BCUT2D eigenvalue weighted by molar-refractivity contribution is 0.101. The van der Waals surface area contributed by atoms with Gasteiger partial charge in [-0.25, -0.2) is 0 Å². The molecule has 2 unspecified atom stereocenters. The molecule has 2 aliphatic rings. The topological polar surface area (TPSA) is 45.2 Å². The second-order valence-corrected chi connectivity index (χ2v) is 6.21. The predicted molar refractivity (Wildman–Crippen MR) is 87.2 cm³/mol. The van der Waals surface area contributed by atoms with Crippen molar-refractivity contribution in [3.63, 3.8) is 0 Å². The van der Waals surface area contributed by atoms with Crippen LogP contribution in [0.5, 0.6) is 0 Å². The number of nitrogens with one attached hydrogen (secondary N) is 1. The van der Waals surface area contributed by atoms with Crippen LogP contribution >= 0.6 is 0 Å². The minimum Gasteiger partial charge on any atom is -0.368 e. The van der Waals surface area contributed by atoms with Gasteiger partial charge in [-0.2, -0.15) is 0 Å². The van der Waals surface area contributed by atoms with Crippen LogP contribution in [0.1, 0.15) is 17.3 Å². The second-order valence-electron chi connectivity index (χ2n) is 6.21. The molecule has 0 amide bonds. The summed E-state index contributed by atoms with van der Waals surface area (Å²) in [5.74, 6) is 0.894. The van der Waals surface area contributed by atoms with Crippen molar-refractivity contribution in [3.8, 4) is 11.3 Å². The van der Waals surface area contributed by atoms with Crippen molar-refractivity contribution in [3.05, 3.63) is 48.2 Å². The molecule has 0 radical (unpaired) electrons. The molecule has 22 heavy (non-hydrogen) atoms. The predicted octanol–water partition coefficient (Wildman–Crippen LogP) is 2.36. The fourth-order valence-corrected chi connectivity index (χ4v) is 3.28. The Balaban J connectivity index is 1.52. The van der Waals surface area contributed by atoms with Gasteiger partial charge in [-0.05, 0) is 19.1 Å². The first-order chi connectivity index (χ1) is 10.7. The highest BCUT2D eigenvalue weighted by Crippen LogP contribution is 2.29. The van der Waals surface area contributed by atoms with Crippen molar-refractivity contribution >= 4 is 11.5 Å². The molecule has 0 aliphatic carbocycles. The fourth-order valence-electron chi connectivity index (χ4n) is 3.28. The number of rotatable bonds is 3. The molecule has 4 heteroatoms. The number of ketones is 1. The van der Waals surface area contributed by atoms with E-state index in [-0.39, 0.29) is 5.78 Å². The SMILES string of the molecule is CC(=O)c1ccc(-c2ccc(N3CC4CNC4C3)cn2)cc1. The van der Waals surface area contributed by atoms with E-state index < -0.39 is 0 Å². The zero-order valence-electron chi connectivity index (χ0n) is 12.6. The molecule has 1 aromatic carbocycles. The third-order valence-corrected chi connectivity index (χ3v) is 4.78. The monoisotopic (exact) mass is 293 g/mol. The molecule has 4 rings (SSSR count). The summed E-state index contributed by atoms with van der Waals surface area (Å²) in [5, 5.41) is 3.47. The average molecular weight is 293 g/mol. The van der Waals surface area contributed by atoms with Crippen molar-refractivity contribution in [1.29, 1.82) is 0 Å². The Bertz CT molecular complexity index is 681. The Morgan fingerprint density at radius 3 is 2.50 bits per heavy atom. The van der Waals surface area contributed by atoms with Crippen molar-refractivity contribution in [2.75, 3.05) is 24.5 Å². The molecule has 4 nitrogen and oxygen atoms in total. The Labute approximate surface area is 130 Å². The second kappa shape index (κ2) is 5.21. The lowest BCUT2D eigenvalue weighted by Crippen LogP contribution is -2.51. The molecular weight excluding hydrogens is 274 g/mol. The number of anilines is 1. The molecule has 2 saturated heterocycles. The van der Waals surface area contributed by atoms with Crippen LogP contribution in [0.25, 0.3) is 11.3 Å². The Morgan fingerprint density at radius 2 is 2.00 bits per heavy atom. The van der Waals surface area contributed by atoms with E-state index in [9.17, 15) is 4.79 Å². The number of carbonyl (C=O) groups is 1. The van der Waals surface area contributed by atoms with E-state index in [0.29, 0.717) is 6.04 Å². The maximum atomic E-state index is 11.3. The van der Waals surface area contributed by atoms with Crippen LogP contribution < -0.4 is 10.2 Å². The number of pyridine rings is 1. The molecule has 2 fully saturated rings. The molecule has 1 aromatic heterocycles. The average Bonchev–Trinajstić information content (AvgIpc) is 2.83. The Hall–Kier alpha value is -2.20. The molecule has 2 atom stereocenters. The summed E-state index contributed by atoms with van der Waals surface area (Å²) in [7, 11) is 0. The lowest BCUT2D eigenvalue weighted by atomic mass is 9.96. The number of Topliss-reactive ketones (excluding diaryl/α,β-unsaturated/α-hetero) is 1. The summed E-state index contributed by atoms with van der Waals surface area (Å²) < 4.78 is 0. The number of nitrogens with zero attached hydrogens (tertiary/aromatic N) is 2. The molecule has 0 spiro atoms. The van der Waals surface area contributed by atoms with Crippen LogP contribution in [0.3, 0.4) is 0 Å². The van der Waals surface area contributed by atoms with E-state index in [2.05, 4.69) is 27.3 Å². The first-order valence-corrected chi connectivity index (χ1v) is 7.76. The minimum atomic E-state index is 0.0899. The molecule has 0 saturated carbocycles. The first kappa shape index (κ1) is 13.5. The van der Waals surface area contributed by atoms with Gasteiger partial charge >= 0.3 is 0 Å². The molecular formula is C18H19N3O. The normalized spacial score (nSPS) is 23.0. The van der Waals surface area contributed by atoms with Gasteiger partial charge in [0.25, 0.3) is 0 Å². The summed E-state index contributed by atoms with van der Waals surface area (Å²) in [6.45, 7) is 4.94. The van der Waals surface area contributed by atoms with Crippen molar-refractivity contribution in [2.24, 2.45) is 5.92 Å². The van der Waals surface area contributed by atoms with E-state index in [1.807, 2.05) is 30.5 Å². The number of carbonyl (C=O) groups excluding carboxylic acids is 1. The lowest BCUT2D eigenvalue weighted by Gasteiger charge is -2.29. The first-order valence-electron chi connectivity index (χ1n) is 7.76. The molecule has 2 aromatic rings. The van der Waals surface area contributed by atoms with Crippen LogP contribution in [0.2, 0.25) is 0 Å². The molecule has 2 aliphatic heterocycles. The number of benzene rings is 1. The fraction of sp³-hybridized carbons (Fsp3) is 0.333. The highest BCUT2D eigenvalue weighted by molar-refractivity contribution is 5.94. The zero-order chi connectivity index (χ0) is 15.1. The maximum Gasteiger partial charge on any atom is 0.159 e. The van der Waals surface area contributed by atoms with Crippen LogP contribution in [0.4, 0.5) is 5.69 Å². The summed E-state index contributed by atoms with van der Waals surface area (Å²) in [4.78, 5) is 18.3. The van der Waals surface area contributed by atoms with E-state index in [1.165, 1.54) is 5.69 Å². The van der Waals surface area contributed by atoms with Gasteiger partial charge in [-0.15, -0.1) is 0 Å². The van der Waals surface area contributed by atoms with Gasteiger partial charge < -0.3 is 10.2 Å². The van der Waals surface area contributed by atoms with Crippen molar-refractivity contribution < 1.29 is 4.79 Å². The van der Waals surface area contributed by atoms with E-state index >= 15 is 0 Å². The quantitative estimate of drug-likeness (QED) is 0.883. The summed E-state index contributed by atoms with van der Waals surface area (Å²) in [5.41, 5.74) is 3.92. The molecule has 1 N–H and O–H groups in total. The highest BCUT2D eigenvalue weighted by Gasteiger charge is 2.38. The smallest absolute Gasteiger partial charge is 0.159 e. The van der Waals surface area contributed by atoms with E-state index in [1.54, 1.807) is 6.92 Å². The summed E-state index contributed by atoms with van der Waals surface area (Å²) in [6, 6.07) is 12.5. The van der Waals surface area contributed by atoms with Gasteiger partial charge in [0.15, 0.2) is 5.78 Å². The van der Waals surface area contributed by atoms with Crippen LogP contribution in [-0.4, -0.2) is 36.4 Å². The van der Waals surface area contributed by atoms with Gasteiger partial charge in [0, 0.05) is 42.7 Å². The Morgan fingerprint density at radius 1 is 1.18 bits per heavy atom. The maximum absolute atomic E-state index is 11.3. The minimum absolute atomic E-state index is 0.0899. The number of fused-ring (bicyclic) bond motifs is 1. The van der Waals surface area contributed by atoms with Crippen molar-refractivity contribution in [2.45, 2.75) is 13.0 Å². The van der Waals surface area contributed by atoms with Gasteiger partial charge in [0.05, 0.1) is 17.6 Å². The third-order valence-electron chi connectivity index (χ3n) is 4.78. The Kier molecular flexibility index (Phi) is 3.19. The zero-order valence-corrected chi connectivity index (χ0v) is 12.6. The number of hydrogen-bond donors (Lipinski definition) is 1. The summed E-state index contributed by atoms with van der Waals surface area (Å²) >= 11 is 0. The number of aromatic nitrogens is 1. The molecule has 0 bridgehead atoms. The molecule has 112 valence electrons. The molecule has 3 heterocycles. The van der Waals surface area contributed by atoms with Gasteiger partial charge in [-0.3, -0.25) is 9.78 Å². The van der Waals surface area contributed by atoms with Crippen LogP contribution in [0.15, 0.2) is 42.6 Å². The van der Waals surface area contributed by atoms with Crippen LogP contribution in [-0.2, 0) is 0 Å². The van der Waals surface area contributed by atoms with Crippen molar-refractivity contribution in [1.82, 2.24) is 10.3 Å². The standard InChI is InChI=1S/C18H19N3O/c1-12(22)13-2-4-14(5-3-13)17-7-6-16(9-20-17)21-10-15-8-19-18(15)11-21/h2-7,9,15,18-19H,8,10-11H2,1H3.